The van der Waals surface area contributed by atoms with Gasteiger partial charge in [-0.25, -0.2) is 4.90 Å². The van der Waals surface area contributed by atoms with Crippen LogP contribution >= 0.6 is 0 Å². The van der Waals surface area contributed by atoms with Gasteiger partial charge in [-0.15, -0.1) is 0 Å². The average molecular weight is 427 g/mol. The number of anilines is 2. The number of hydrogen-bond acceptors (Lipinski definition) is 4. The summed E-state index contributed by atoms with van der Waals surface area (Å²) in [5, 5.41) is 3.21. The molecule has 5 heteroatoms. The lowest BCUT2D eigenvalue weighted by Gasteiger charge is -2.16. The highest BCUT2D eigenvalue weighted by molar-refractivity contribution is 6.46. The van der Waals surface area contributed by atoms with Crippen molar-refractivity contribution in [2.45, 2.75) is 27.7 Å². The number of rotatable bonds is 6. The first kappa shape index (κ1) is 21.4. The topological polar surface area (TPSA) is 58.6 Å². The number of nitrogens with one attached hydrogen (secondary N) is 1. The van der Waals surface area contributed by atoms with E-state index in [0.717, 1.165) is 27.9 Å². The van der Waals surface area contributed by atoms with E-state index in [1.54, 1.807) is 24.3 Å². The normalized spacial score (nSPS) is 13.7. The molecular weight excluding hydrogens is 400 g/mol. The molecule has 1 N–H and O–H groups in total. The van der Waals surface area contributed by atoms with Crippen LogP contribution in [0.4, 0.5) is 11.4 Å². The van der Waals surface area contributed by atoms with E-state index in [4.69, 9.17) is 4.74 Å². The minimum absolute atomic E-state index is 0.277. The van der Waals surface area contributed by atoms with Gasteiger partial charge in [-0.1, -0.05) is 41.5 Å². The Morgan fingerprint density at radius 3 is 2.09 bits per heavy atom. The van der Waals surface area contributed by atoms with E-state index in [-0.39, 0.29) is 17.5 Å². The molecule has 0 saturated heterocycles. The molecule has 0 atom stereocenters. The number of aryl methyl sites for hydroxylation is 3. The third-order valence-electron chi connectivity index (χ3n) is 5.46. The fourth-order valence-corrected chi connectivity index (χ4v) is 3.86. The molecule has 0 fully saturated rings. The smallest absolute Gasteiger partial charge is 0.282 e. The number of imide groups is 1. The number of benzene rings is 3. The highest BCUT2D eigenvalue weighted by Gasteiger charge is 2.40. The van der Waals surface area contributed by atoms with Crippen LogP contribution < -0.4 is 15.0 Å². The largest absolute Gasteiger partial charge is 0.494 e. The summed E-state index contributed by atoms with van der Waals surface area (Å²) >= 11 is 0. The first-order valence-corrected chi connectivity index (χ1v) is 10.7. The Kier molecular flexibility index (Phi) is 5.82. The standard InChI is InChI=1S/C27H26N2O3/c1-5-32-22-13-11-21(12-14-22)29-26(30)24(23-15-8-18(3)16-19(23)4)25(27(29)31)28-20-9-6-17(2)7-10-20/h6-16,28H,5H2,1-4H3. The monoisotopic (exact) mass is 426 g/mol. The highest BCUT2D eigenvalue weighted by Crippen LogP contribution is 2.35. The fraction of sp³-hybridized carbons (Fsp3) is 0.185. The summed E-state index contributed by atoms with van der Waals surface area (Å²) in [5.41, 5.74) is 5.81. The Bertz CT molecular complexity index is 1210. The van der Waals surface area contributed by atoms with Crippen LogP contribution in [0.3, 0.4) is 0 Å². The highest BCUT2D eigenvalue weighted by atomic mass is 16.5. The summed E-state index contributed by atoms with van der Waals surface area (Å²) in [4.78, 5) is 28.3. The number of hydrogen-bond donors (Lipinski definition) is 1. The van der Waals surface area contributed by atoms with Crippen LogP contribution in [0.5, 0.6) is 5.75 Å². The van der Waals surface area contributed by atoms with Crippen molar-refractivity contribution in [2.75, 3.05) is 16.8 Å². The lowest BCUT2D eigenvalue weighted by molar-refractivity contribution is -0.120. The Hall–Kier alpha value is -3.86. The molecule has 0 aliphatic carbocycles. The number of carbonyl (C=O) groups is 2. The Balaban J connectivity index is 1.79. The predicted octanol–water partition coefficient (Wildman–Crippen LogP) is 5.41. The van der Waals surface area contributed by atoms with Crippen LogP contribution in [0.25, 0.3) is 5.57 Å². The summed E-state index contributed by atoms with van der Waals surface area (Å²) in [5.74, 6) is -0.0358. The molecule has 5 nitrogen and oxygen atoms in total. The lowest BCUT2D eigenvalue weighted by Crippen LogP contribution is -2.32. The molecule has 0 radical (unpaired) electrons. The molecule has 1 aliphatic rings. The molecule has 0 bridgehead atoms. The van der Waals surface area contributed by atoms with Crippen LogP contribution in [0, 0.1) is 20.8 Å². The van der Waals surface area contributed by atoms with Gasteiger partial charge in [0.15, 0.2) is 0 Å². The van der Waals surface area contributed by atoms with Gasteiger partial charge in [0.05, 0.1) is 17.9 Å². The van der Waals surface area contributed by atoms with Crippen LogP contribution in [-0.4, -0.2) is 18.4 Å². The zero-order valence-electron chi connectivity index (χ0n) is 18.7. The van der Waals surface area contributed by atoms with E-state index in [9.17, 15) is 9.59 Å². The molecule has 0 spiro atoms. The van der Waals surface area contributed by atoms with Crippen LogP contribution in [0.2, 0.25) is 0 Å². The van der Waals surface area contributed by atoms with E-state index >= 15 is 0 Å². The molecule has 3 aromatic carbocycles. The molecular formula is C27H26N2O3. The third kappa shape index (κ3) is 4.02. The molecule has 0 unspecified atom stereocenters. The summed E-state index contributed by atoms with van der Waals surface area (Å²) in [6.45, 7) is 8.41. The van der Waals surface area contributed by atoms with Crippen molar-refractivity contribution in [3.63, 3.8) is 0 Å². The Labute approximate surface area is 188 Å². The molecule has 162 valence electrons. The lowest BCUT2D eigenvalue weighted by atomic mass is 9.97. The first-order valence-electron chi connectivity index (χ1n) is 10.7. The molecule has 0 aromatic heterocycles. The van der Waals surface area contributed by atoms with Gasteiger partial charge in [-0.2, -0.15) is 0 Å². The molecule has 4 rings (SSSR count). The summed E-state index contributed by atoms with van der Waals surface area (Å²) in [6, 6.07) is 20.6. The van der Waals surface area contributed by atoms with Crippen molar-refractivity contribution in [1.29, 1.82) is 0 Å². The number of amides is 2. The summed E-state index contributed by atoms with van der Waals surface area (Å²) < 4.78 is 5.49. The van der Waals surface area contributed by atoms with Crippen LogP contribution in [-0.2, 0) is 9.59 Å². The third-order valence-corrected chi connectivity index (χ3v) is 5.46. The maximum absolute atomic E-state index is 13.6. The zero-order valence-corrected chi connectivity index (χ0v) is 18.7. The second kappa shape index (κ2) is 8.71. The van der Waals surface area contributed by atoms with E-state index in [0.29, 0.717) is 23.6 Å². The first-order chi connectivity index (χ1) is 15.4. The van der Waals surface area contributed by atoms with Crippen molar-refractivity contribution in [3.05, 3.63) is 94.7 Å². The molecule has 3 aromatic rings. The molecule has 1 aliphatic heterocycles. The Morgan fingerprint density at radius 1 is 0.812 bits per heavy atom. The van der Waals surface area contributed by atoms with Crippen molar-refractivity contribution in [1.82, 2.24) is 0 Å². The predicted molar refractivity (Wildman–Crippen MR) is 128 cm³/mol. The van der Waals surface area contributed by atoms with Gasteiger partial charge in [0.25, 0.3) is 11.8 Å². The van der Waals surface area contributed by atoms with Gasteiger partial charge in [-0.3, -0.25) is 9.59 Å². The number of carbonyl (C=O) groups excluding carboxylic acids is 2. The Morgan fingerprint density at radius 2 is 1.47 bits per heavy atom. The fourth-order valence-electron chi connectivity index (χ4n) is 3.86. The summed E-state index contributed by atoms with van der Waals surface area (Å²) in [7, 11) is 0. The van der Waals surface area contributed by atoms with Gasteiger partial charge < -0.3 is 10.1 Å². The maximum atomic E-state index is 13.6. The van der Waals surface area contributed by atoms with E-state index in [1.807, 2.05) is 70.2 Å². The van der Waals surface area contributed by atoms with Gasteiger partial charge in [0, 0.05) is 5.69 Å². The van der Waals surface area contributed by atoms with Crippen molar-refractivity contribution in [3.8, 4) is 5.75 Å². The minimum atomic E-state index is -0.380. The zero-order chi connectivity index (χ0) is 22.8. The van der Waals surface area contributed by atoms with Gasteiger partial charge >= 0.3 is 0 Å². The second-order valence-electron chi connectivity index (χ2n) is 7.93. The quantitative estimate of drug-likeness (QED) is 0.536. The summed E-state index contributed by atoms with van der Waals surface area (Å²) in [6.07, 6.45) is 0. The number of ether oxygens (including phenoxy) is 1. The molecule has 2 amide bonds. The van der Waals surface area contributed by atoms with Crippen molar-refractivity contribution >= 4 is 28.8 Å². The van der Waals surface area contributed by atoms with E-state index in [2.05, 4.69) is 5.32 Å². The maximum Gasteiger partial charge on any atom is 0.282 e. The molecule has 32 heavy (non-hydrogen) atoms. The SMILES string of the molecule is CCOc1ccc(N2C(=O)C(Nc3ccc(C)cc3)=C(c3ccc(C)cc3C)C2=O)cc1. The average Bonchev–Trinajstić information content (AvgIpc) is 3.00. The van der Waals surface area contributed by atoms with E-state index in [1.165, 1.54) is 4.90 Å². The van der Waals surface area contributed by atoms with Crippen molar-refractivity contribution < 1.29 is 14.3 Å². The number of nitrogens with zero attached hydrogens (tertiary/aromatic N) is 1. The second-order valence-corrected chi connectivity index (χ2v) is 7.93. The van der Waals surface area contributed by atoms with Gasteiger partial charge in [0.2, 0.25) is 0 Å². The molecule has 0 saturated carbocycles. The van der Waals surface area contributed by atoms with Crippen LogP contribution in [0.15, 0.2) is 72.4 Å². The van der Waals surface area contributed by atoms with Gasteiger partial charge in [-0.05, 0) is 75.2 Å². The van der Waals surface area contributed by atoms with Crippen LogP contribution in [0.1, 0.15) is 29.2 Å². The molecule has 1 heterocycles. The van der Waals surface area contributed by atoms with Gasteiger partial charge in [0.1, 0.15) is 11.4 Å². The van der Waals surface area contributed by atoms with Crippen molar-refractivity contribution in [2.24, 2.45) is 0 Å². The minimum Gasteiger partial charge on any atom is -0.494 e. The van der Waals surface area contributed by atoms with E-state index < -0.39 is 0 Å².